The van der Waals surface area contributed by atoms with Gasteiger partial charge in [0.1, 0.15) is 0 Å². The van der Waals surface area contributed by atoms with E-state index in [1.807, 2.05) is 20.2 Å². The third-order valence-corrected chi connectivity index (χ3v) is 5.44. The van der Waals surface area contributed by atoms with Crippen molar-refractivity contribution in [1.29, 1.82) is 0 Å². The third-order valence-electron chi connectivity index (χ3n) is 5.44. The number of rotatable bonds is 6. The Labute approximate surface area is 159 Å². The Morgan fingerprint density at radius 3 is 2.67 bits per heavy atom. The number of fused-ring (bicyclic) bond motifs is 1. The fourth-order valence-corrected chi connectivity index (χ4v) is 3.86. The highest BCUT2D eigenvalue weighted by atomic mass is 16.5. The molecule has 0 spiro atoms. The van der Waals surface area contributed by atoms with Gasteiger partial charge in [0.15, 0.2) is 6.04 Å². The van der Waals surface area contributed by atoms with Crippen LogP contribution in [0, 0.1) is 0 Å². The van der Waals surface area contributed by atoms with Crippen molar-refractivity contribution in [2.45, 2.75) is 18.4 Å². The van der Waals surface area contributed by atoms with E-state index in [2.05, 4.69) is 63.9 Å². The van der Waals surface area contributed by atoms with Crippen LogP contribution in [-0.2, 0) is 9.53 Å². The number of benzene rings is 2. The van der Waals surface area contributed by atoms with E-state index in [-0.39, 0.29) is 17.9 Å². The monoisotopic (exact) mass is 364 g/mol. The quantitative estimate of drug-likeness (QED) is 0.660. The molecule has 27 heavy (non-hydrogen) atoms. The highest BCUT2D eigenvalue weighted by molar-refractivity contribution is 5.84. The number of aromatic amines is 1. The molecule has 3 aromatic rings. The number of ether oxygens (including phenoxy) is 1. The van der Waals surface area contributed by atoms with Crippen molar-refractivity contribution < 1.29 is 14.8 Å². The molecule has 2 aromatic carbocycles. The van der Waals surface area contributed by atoms with E-state index in [0.29, 0.717) is 6.61 Å². The van der Waals surface area contributed by atoms with Crippen LogP contribution in [0.4, 0.5) is 5.69 Å². The number of cyclic esters (lactones) is 1. The minimum Gasteiger partial charge on any atom is -0.461 e. The summed E-state index contributed by atoms with van der Waals surface area (Å²) in [7, 11) is 4.09. The lowest BCUT2D eigenvalue weighted by Crippen LogP contribution is -2.92. The van der Waals surface area contributed by atoms with Crippen molar-refractivity contribution in [2.75, 3.05) is 32.1 Å². The zero-order chi connectivity index (χ0) is 18.8. The Balaban J connectivity index is 1.67. The van der Waals surface area contributed by atoms with Crippen LogP contribution in [0.15, 0.2) is 54.7 Å². The Hall–Kier alpha value is -2.79. The largest absolute Gasteiger partial charge is 0.461 e. The third kappa shape index (κ3) is 3.55. The summed E-state index contributed by atoms with van der Waals surface area (Å²) < 4.78 is 5.12. The first-order valence-corrected chi connectivity index (χ1v) is 9.47. The number of aromatic nitrogens is 1. The number of hydrogen-bond acceptors (Lipinski definition) is 3. The molecular weight excluding hydrogens is 338 g/mol. The van der Waals surface area contributed by atoms with Gasteiger partial charge in [-0.15, -0.1) is 0 Å². The number of quaternary nitrogens is 1. The average molecular weight is 364 g/mol. The van der Waals surface area contributed by atoms with Gasteiger partial charge in [-0.05, 0) is 29.3 Å². The number of esters is 1. The topological polar surface area (TPSA) is 61.9 Å². The average Bonchev–Trinajstić information content (AvgIpc) is 3.29. The Kier molecular flexibility index (Phi) is 4.86. The summed E-state index contributed by atoms with van der Waals surface area (Å²) in [5.74, 6) is 0.112. The molecular formula is C22H26N3O2+. The van der Waals surface area contributed by atoms with Gasteiger partial charge in [-0.2, -0.15) is 0 Å². The van der Waals surface area contributed by atoms with E-state index in [0.717, 1.165) is 18.5 Å². The first-order valence-electron chi connectivity index (χ1n) is 9.47. The zero-order valence-corrected chi connectivity index (χ0v) is 15.8. The molecule has 5 heteroatoms. The van der Waals surface area contributed by atoms with Crippen molar-refractivity contribution >= 4 is 22.6 Å². The standard InChI is InChI=1S/C22H25N3O2/c1-25(2)16-9-7-15(8-10-16)18(13-24-21-11-12-27-22(21)26)19-14-23-20-6-4-3-5-17(19)20/h3-10,14,18,21,23-24H,11-13H2,1-2H3/p+1/t18-,21+/m0/s1. The van der Waals surface area contributed by atoms with E-state index < -0.39 is 0 Å². The smallest absolute Gasteiger partial charge is 0.364 e. The van der Waals surface area contributed by atoms with Gasteiger partial charge >= 0.3 is 5.97 Å². The van der Waals surface area contributed by atoms with E-state index in [4.69, 9.17) is 4.74 Å². The van der Waals surface area contributed by atoms with E-state index in [1.54, 1.807) is 0 Å². The molecule has 0 unspecified atom stereocenters. The van der Waals surface area contributed by atoms with Gasteiger partial charge in [-0.25, -0.2) is 4.79 Å². The van der Waals surface area contributed by atoms with E-state index in [1.165, 1.54) is 22.2 Å². The van der Waals surface area contributed by atoms with Gasteiger partial charge in [0.25, 0.3) is 0 Å². The maximum absolute atomic E-state index is 11.9. The fourth-order valence-electron chi connectivity index (χ4n) is 3.86. The van der Waals surface area contributed by atoms with Crippen LogP contribution in [-0.4, -0.2) is 44.2 Å². The SMILES string of the molecule is CN(C)c1ccc([C@H](C[NH2+][C@@H]2CCOC2=O)c2c[nH]c3ccccc23)cc1. The lowest BCUT2D eigenvalue weighted by Gasteiger charge is -2.19. The van der Waals surface area contributed by atoms with Crippen molar-refractivity contribution in [3.05, 3.63) is 65.9 Å². The Morgan fingerprint density at radius 2 is 1.96 bits per heavy atom. The van der Waals surface area contributed by atoms with Gasteiger partial charge in [-0.1, -0.05) is 30.3 Å². The molecule has 0 radical (unpaired) electrons. The van der Waals surface area contributed by atoms with Crippen LogP contribution < -0.4 is 10.2 Å². The molecule has 3 N–H and O–H groups in total. The summed E-state index contributed by atoms with van der Waals surface area (Å²) in [4.78, 5) is 17.4. The summed E-state index contributed by atoms with van der Waals surface area (Å²) in [5.41, 5.74) is 4.85. The van der Waals surface area contributed by atoms with Crippen LogP contribution in [0.2, 0.25) is 0 Å². The number of nitrogens with two attached hydrogens (primary N) is 1. The normalized spacial score (nSPS) is 17.9. The number of para-hydroxylation sites is 1. The molecule has 0 bridgehead atoms. The maximum atomic E-state index is 11.9. The molecule has 0 aliphatic carbocycles. The Bertz CT molecular complexity index is 930. The molecule has 1 saturated heterocycles. The molecule has 1 fully saturated rings. The molecule has 5 nitrogen and oxygen atoms in total. The summed E-state index contributed by atoms with van der Waals surface area (Å²) in [6.45, 7) is 1.35. The lowest BCUT2D eigenvalue weighted by molar-refractivity contribution is -0.677. The van der Waals surface area contributed by atoms with Gasteiger partial charge < -0.3 is 19.9 Å². The summed E-state index contributed by atoms with van der Waals surface area (Å²) in [6.07, 6.45) is 2.90. The highest BCUT2D eigenvalue weighted by Crippen LogP contribution is 2.31. The molecule has 140 valence electrons. The summed E-state index contributed by atoms with van der Waals surface area (Å²) >= 11 is 0. The number of hydrogen-bond donors (Lipinski definition) is 2. The van der Waals surface area contributed by atoms with Crippen LogP contribution in [0.25, 0.3) is 10.9 Å². The number of nitrogens with zero attached hydrogens (tertiary/aromatic N) is 1. The summed E-state index contributed by atoms with van der Waals surface area (Å²) in [5, 5.41) is 3.38. The molecule has 0 saturated carbocycles. The Morgan fingerprint density at radius 1 is 1.19 bits per heavy atom. The first-order chi connectivity index (χ1) is 13.1. The van der Waals surface area contributed by atoms with Crippen LogP contribution in [0.1, 0.15) is 23.5 Å². The van der Waals surface area contributed by atoms with Gasteiger partial charge in [0.2, 0.25) is 0 Å². The van der Waals surface area contributed by atoms with Gasteiger partial charge in [-0.3, -0.25) is 0 Å². The fraction of sp³-hybridized carbons (Fsp3) is 0.318. The van der Waals surface area contributed by atoms with Crippen molar-refractivity contribution in [3.63, 3.8) is 0 Å². The molecule has 4 rings (SSSR count). The van der Waals surface area contributed by atoms with Crippen molar-refractivity contribution in [3.8, 4) is 0 Å². The van der Waals surface area contributed by atoms with E-state index >= 15 is 0 Å². The number of H-pyrrole nitrogens is 1. The second-order valence-electron chi connectivity index (χ2n) is 7.36. The molecule has 1 aromatic heterocycles. The lowest BCUT2D eigenvalue weighted by atomic mass is 9.90. The second kappa shape index (κ2) is 7.45. The van der Waals surface area contributed by atoms with Crippen LogP contribution in [0.5, 0.6) is 0 Å². The van der Waals surface area contributed by atoms with Gasteiger partial charge in [0, 0.05) is 43.3 Å². The number of anilines is 1. The predicted octanol–water partition coefficient (Wildman–Crippen LogP) is 2.24. The number of nitrogens with one attached hydrogen (secondary N) is 1. The highest BCUT2D eigenvalue weighted by Gasteiger charge is 2.31. The van der Waals surface area contributed by atoms with Crippen LogP contribution in [0.3, 0.4) is 0 Å². The van der Waals surface area contributed by atoms with Gasteiger partial charge in [0.05, 0.1) is 19.1 Å². The minimum absolute atomic E-state index is 0.0845. The number of carbonyl (C=O) groups excluding carboxylic acids is 1. The molecule has 2 atom stereocenters. The summed E-state index contributed by atoms with van der Waals surface area (Å²) in [6, 6.07) is 17.0. The second-order valence-corrected chi connectivity index (χ2v) is 7.36. The molecule has 1 aliphatic heterocycles. The first kappa shape index (κ1) is 17.6. The number of carbonyl (C=O) groups is 1. The van der Waals surface area contributed by atoms with E-state index in [9.17, 15) is 4.79 Å². The predicted molar refractivity (Wildman–Crippen MR) is 107 cm³/mol. The maximum Gasteiger partial charge on any atom is 0.364 e. The van der Waals surface area contributed by atoms with Crippen molar-refractivity contribution in [1.82, 2.24) is 4.98 Å². The van der Waals surface area contributed by atoms with Crippen LogP contribution >= 0.6 is 0 Å². The molecule has 2 heterocycles. The minimum atomic E-state index is -0.0874. The molecule has 0 amide bonds. The zero-order valence-electron chi connectivity index (χ0n) is 15.8. The van der Waals surface area contributed by atoms with Crippen molar-refractivity contribution in [2.24, 2.45) is 0 Å². The molecule has 1 aliphatic rings.